The lowest BCUT2D eigenvalue weighted by molar-refractivity contribution is 0.0209. The number of nitrogens with two attached hydrogens (primary N) is 1. The molecule has 76 valence electrons. The second-order valence-corrected chi connectivity index (χ2v) is 4.66. The lowest BCUT2D eigenvalue weighted by Crippen LogP contribution is -2.51. The molecule has 0 aliphatic heterocycles. The molecular weight excluding hydrogens is 221 g/mol. The van der Waals surface area contributed by atoms with Crippen LogP contribution in [0.4, 0.5) is 0 Å². The highest BCUT2D eigenvalue weighted by Crippen LogP contribution is 2.40. The zero-order chi connectivity index (χ0) is 10.3. The minimum absolute atomic E-state index is 0.283. The molecule has 2 nitrogen and oxygen atoms in total. The van der Waals surface area contributed by atoms with Crippen LogP contribution in [0.2, 0.25) is 10.0 Å². The molecule has 0 spiro atoms. The maximum Gasteiger partial charge on any atom is 0.0595 e. The van der Waals surface area contributed by atoms with Gasteiger partial charge in [-0.25, -0.2) is 0 Å². The zero-order valence-electron chi connectivity index (χ0n) is 7.50. The normalized spacial score (nSPS) is 31.3. The molecule has 1 aliphatic carbocycles. The van der Waals surface area contributed by atoms with Gasteiger partial charge in [-0.05, 0) is 30.5 Å². The highest BCUT2D eigenvalue weighted by molar-refractivity contribution is 6.42. The van der Waals surface area contributed by atoms with Gasteiger partial charge in [0.2, 0.25) is 0 Å². The van der Waals surface area contributed by atoms with Crippen LogP contribution in [0.5, 0.6) is 0 Å². The topological polar surface area (TPSA) is 46.2 Å². The molecule has 0 heterocycles. The van der Waals surface area contributed by atoms with Gasteiger partial charge in [0.1, 0.15) is 0 Å². The van der Waals surface area contributed by atoms with Crippen molar-refractivity contribution < 1.29 is 5.11 Å². The maximum atomic E-state index is 9.23. The van der Waals surface area contributed by atoms with E-state index in [1.165, 1.54) is 0 Å². The Morgan fingerprint density at radius 2 is 1.93 bits per heavy atom. The van der Waals surface area contributed by atoms with E-state index < -0.39 is 5.54 Å². The van der Waals surface area contributed by atoms with E-state index in [4.69, 9.17) is 28.9 Å². The number of benzene rings is 1. The number of aliphatic hydroxyl groups is 1. The van der Waals surface area contributed by atoms with Gasteiger partial charge in [0, 0.05) is 5.54 Å². The van der Waals surface area contributed by atoms with Crippen LogP contribution in [-0.2, 0) is 5.54 Å². The van der Waals surface area contributed by atoms with Crippen molar-refractivity contribution in [2.75, 3.05) is 0 Å². The van der Waals surface area contributed by atoms with Crippen LogP contribution >= 0.6 is 23.2 Å². The smallest absolute Gasteiger partial charge is 0.0595 e. The molecule has 0 saturated heterocycles. The Labute approximate surface area is 92.6 Å². The lowest BCUT2D eigenvalue weighted by Gasteiger charge is -2.42. The Balaban J connectivity index is 2.29. The largest absolute Gasteiger partial charge is 0.393 e. The Kier molecular flexibility index (Phi) is 2.48. The van der Waals surface area contributed by atoms with E-state index in [1.807, 2.05) is 6.07 Å². The summed E-state index contributed by atoms with van der Waals surface area (Å²) in [7, 11) is 0. The van der Waals surface area contributed by atoms with Crippen molar-refractivity contribution in [1.29, 1.82) is 0 Å². The molecule has 1 aromatic carbocycles. The minimum Gasteiger partial charge on any atom is -0.393 e. The summed E-state index contributed by atoms with van der Waals surface area (Å²) in [4.78, 5) is 0. The molecule has 4 heteroatoms. The van der Waals surface area contributed by atoms with Crippen molar-refractivity contribution >= 4 is 23.2 Å². The minimum atomic E-state index is -0.423. The Morgan fingerprint density at radius 1 is 1.29 bits per heavy atom. The highest BCUT2D eigenvalue weighted by atomic mass is 35.5. The molecule has 0 amide bonds. The summed E-state index contributed by atoms with van der Waals surface area (Å²) in [5, 5.41) is 10.3. The molecule has 2 rings (SSSR count). The zero-order valence-corrected chi connectivity index (χ0v) is 9.02. The van der Waals surface area contributed by atoms with Gasteiger partial charge < -0.3 is 10.8 Å². The number of hydrogen-bond acceptors (Lipinski definition) is 2. The van der Waals surface area contributed by atoms with Crippen molar-refractivity contribution in [3.63, 3.8) is 0 Å². The average Bonchev–Trinajstić information content (AvgIpc) is 2.07. The number of rotatable bonds is 1. The van der Waals surface area contributed by atoms with E-state index in [0.717, 1.165) is 5.56 Å². The predicted molar refractivity (Wildman–Crippen MR) is 57.6 cm³/mol. The van der Waals surface area contributed by atoms with E-state index >= 15 is 0 Å². The van der Waals surface area contributed by atoms with Crippen molar-refractivity contribution in [1.82, 2.24) is 0 Å². The Morgan fingerprint density at radius 3 is 2.43 bits per heavy atom. The summed E-state index contributed by atoms with van der Waals surface area (Å²) in [5.41, 5.74) is 6.59. The fraction of sp³-hybridized carbons (Fsp3) is 0.400. The number of hydrogen-bond donors (Lipinski definition) is 2. The Bertz CT molecular complexity index is 361. The first-order valence-corrected chi connectivity index (χ1v) is 5.19. The van der Waals surface area contributed by atoms with E-state index in [1.54, 1.807) is 12.1 Å². The lowest BCUT2D eigenvalue weighted by atomic mass is 9.71. The molecule has 0 atom stereocenters. The first kappa shape index (κ1) is 10.2. The molecule has 1 saturated carbocycles. The van der Waals surface area contributed by atoms with Gasteiger partial charge in [-0.3, -0.25) is 0 Å². The third-order valence-corrected chi connectivity index (χ3v) is 3.43. The molecule has 1 fully saturated rings. The summed E-state index contributed by atoms with van der Waals surface area (Å²) < 4.78 is 0. The quantitative estimate of drug-likeness (QED) is 0.780. The van der Waals surface area contributed by atoms with Crippen molar-refractivity contribution in [2.45, 2.75) is 24.5 Å². The molecule has 0 bridgehead atoms. The van der Waals surface area contributed by atoms with Gasteiger partial charge in [0.25, 0.3) is 0 Å². The van der Waals surface area contributed by atoms with Crippen LogP contribution in [-0.4, -0.2) is 11.2 Å². The van der Waals surface area contributed by atoms with Crippen LogP contribution < -0.4 is 5.73 Å². The predicted octanol–water partition coefficient (Wildman–Crippen LogP) is 2.30. The molecule has 0 aromatic heterocycles. The summed E-state index contributed by atoms with van der Waals surface area (Å²) in [6.45, 7) is 0. The molecular formula is C10H11Cl2NO. The molecule has 0 radical (unpaired) electrons. The van der Waals surface area contributed by atoms with E-state index in [0.29, 0.717) is 22.9 Å². The van der Waals surface area contributed by atoms with Crippen LogP contribution in [0.3, 0.4) is 0 Å². The highest BCUT2D eigenvalue weighted by Gasteiger charge is 2.41. The van der Waals surface area contributed by atoms with Crippen molar-refractivity contribution in [3.05, 3.63) is 33.8 Å². The van der Waals surface area contributed by atoms with Gasteiger partial charge in [-0.15, -0.1) is 0 Å². The third-order valence-electron chi connectivity index (χ3n) is 2.69. The Hall–Kier alpha value is -0.280. The van der Waals surface area contributed by atoms with E-state index in [-0.39, 0.29) is 6.10 Å². The SMILES string of the molecule is NC1(c2ccc(Cl)c(Cl)c2)CC(O)C1. The van der Waals surface area contributed by atoms with Gasteiger partial charge >= 0.3 is 0 Å². The second kappa shape index (κ2) is 3.38. The first-order valence-electron chi connectivity index (χ1n) is 4.44. The standard InChI is InChI=1S/C10H11Cl2NO/c11-8-2-1-6(3-9(8)12)10(13)4-7(14)5-10/h1-3,7,14H,4-5,13H2. The molecule has 0 unspecified atom stereocenters. The van der Waals surface area contributed by atoms with Crippen molar-refractivity contribution in [3.8, 4) is 0 Å². The second-order valence-electron chi connectivity index (χ2n) is 3.85. The first-order chi connectivity index (χ1) is 6.51. The van der Waals surface area contributed by atoms with Gasteiger partial charge in [0.15, 0.2) is 0 Å². The fourth-order valence-electron chi connectivity index (χ4n) is 1.82. The van der Waals surface area contributed by atoms with Gasteiger partial charge in [0.05, 0.1) is 16.1 Å². The van der Waals surface area contributed by atoms with E-state index in [2.05, 4.69) is 0 Å². The number of halogens is 2. The van der Waals surface area contributed by atoms with Crippen LogP contribution in [0.25, 0.3) is 0 Å². The van der Waals surface area contributed by atoms with Crippen LogP contribution in [0.1, 0.15) is 18.4 Å². The molecule has 1 aliphatic rings. The number of aliphatic hydroxyl groups excluding tert-OH is 1. The van der Waals surface area contributed by atoms with Gasteiger partial charge in [-0.2, -0.15) is 0 Å². The molecule has 14 heavy (non-hydrogen) atoms. The summed E-state index contributed by atoms with van der Waals surface area (Å²) in [5.74, 6) is 0. The summed E-state index contributed by atoms with van der Waals surface area (Å²) in [6, 6.07) is 5.37. The fourth-order valence-corrected chi connectivity index (χ4v) is 2.12. The summed E-state index contributed by atoms with van der Waals surface area (Å²) in [6.07, 6.45) is 0.894. The van der Waals surface area contributed by atoms with Crippen LogP contribution in [0.15, 0.2) is 18.2 Å². The maximum absolute atomic E-state index is 9.23. The summed E-state index contributed by atoms with van der Waals surface area (Å²) >= 11 is 11.7. The molecule has 1 aromatic rings. The van der Waals surface area contributed by atoms with Gasteiger partial charge in [-0.1, -0.05) is 29.3 Å². The van der Waals surface area contributed by atoms with Crippen molar-refractivity contribution in [2.24, 2.45) is 5.73 Å². The molecule has 3 N–H and O–H groups in total. The van der Waals surface area contributed by atoms with E-state index in [9.17, 15) is 5.11 Å². The third kappa shape index (κ3) is 1.63. The average molecular weight is 232 g/mol. The van der Waals surface area contributed by atoms with Crippen LogP contribution in [0, 0.1) is 0 Å². The monoisotopic (exact) mass is 231 g/mol.